The summed E-state index contributed by atoms with van der Waals surface area (Å²) in [5.74, 6) is -4.02. The minimum atomic E-state index is -1.66. The van der Waals surface area contributed by atoms with Crippen molar-refractivity contribution in [1.82, 2.24) is 15.3 Å². The molecule has 3 rings (SSSR count). The fourth-order valence-electron chi connectivity index (χ4n) is 3.06. The van der Waals surface area contributed by atoms with Crippen LogP contribution in [0.15, 0.2) is 18.2 Å². The molecule has 1 aliphatic heterocycles. The molecule has 1 aliphatic rings. The quantitative estimate of drug-likeness (QED) is 0.583. The monoisotopic (exact) mass is 393 g/mol. The maximum Gasteiger partial charge on any atom is 0.254 e. The molecule has 9 heteroatoms. The first-order chi connectivity index (χ1) is 13.5. The van der Waals surface area contributed by atoms with E-state index in [1.165, 1.54) is 6.42 Å². The highest BCUT2D eigenvalue weighted by Gasteiger charge is 2.18. The number of nitrogens with zero attached hydrogens (tertiary/aromatic N) is 3. The van der Waals surface area contributed by atoms with Gasteiger partial charge in [-0.05, 0) is 38.3 Å². The average Bonchev–Trinajstić information content (AvgIpc) is 2.69. The smallest absolute Gasteiger partial charge is 0.254 e. The van der Waals surface area contributed by atoms with Crippen LogP contribution in [0.2, 0.25) is 0 Å². The number of aryl methyl sites for hydroxylation is 1. The third-order valence-corrected chi connectivity index (χ3v) is 4.49. The van der Waals surface area contributed by atoms with E-state index in [1.807, 2.05) is 13.0 Å². The maximum absolute atomic E-state index is 13.6. The van der Waals surface area contributed by atoms with Gasteiger partial charge in [-0.3, -0.25) is 4.79 Å². The zero-order valence-electron chi connectivity index (χ0n) is 15.6. The van der Waals surface area contributed by atoms with E-state index in [9.17, 15) is 18.0 Å². The van der Waals surface area contributed by atoms with Crippen LogP contribution in [0.1, 0.15) is 35.3 Å². The number of piperidine rings is 1. The van der Waals surface area contributed by atoms with Crippen molar-refractivity contribution in [1.29, 1.82) is 0 Å². The zero-order valence-corrected chi connectivity index (χ0v) is 15.6. The van der Waals surface area contributed by atoms with Crippen molar-refractivity contribution >= 4 is 17.7 Å². The third-order valence-electron chi connectivity index (χ3n) is 4.49. The molecule has 0 bridgehead atoms. The van der Waals surface area contributed by atoms with E-state index in [4.69, 9.17) is 0 Å². The lowest BCUT2D eigenvalue weighted by Gasteiger charge is -2.28. The summed E-state index contributed by atoms with van der Waals surface area (Å²) in [5.41, 5.74) is 0.282. The van der Waals surface area contributed by atoms with Gasteiger partial charge in [0.05, 0.1) is 5.56 Å². The molecule has 1 fully saturated rings. The lowest BCUT2D eigenvalue weighted by atomic mass is 10.1. The Hall–Kier alpha value is -2.84. The third kappa shape index (κ3) is 4.71. The Kier molecular flexibility index (Phi) is 6.33. The Balaban J connectivity index is 1.54. The Morgan fingerprint density at radius 3 is 2.57 bits per heavy atom. The largest absolute Gasteiger partial charge is 0.356 e. The molecule has 1 aromatic heterocycles. The summed E-state index contributed by atoms with van der Waals surface area (Å²) in [5, 5.41) is 5.47. The van der Waals surface area contributed by atoms with Gasteiger partial charge in [0.1, 0.15) is 5.82 Å². The molecule has 2 N–H and O–H groups in total. The van der Waals surface area contributed by atoms with Crippen LogP contribution in [-0.2, 0) is 0 Å². The second-order valence-corrected chi connectivity index (χ2v) is 6.64. The molecule has 2 heterocycles. The Morgan fingerprint density at radius 1 is 1.07 bits per heavy atom. The number of nitrogens with one attached hydrogen (secondary N) is 2. The molecule has 0 saturated carbocycles. The number of anilines is 2. The molecule has 0 aliphatic carbocycles. The molecule has 0 atom stereocenters. The second-order valence-electron chi connectivity index (χ2n) is 6.64. The molecule has 2 aromatic rings. The summed E-state index contributed by atoms with van der Waals surface area (Å²) < 4.78 is 39.8. The van der Waals surface area contributed by atoms with Crippen molar-refractivity contribution in [2.75, 3.05) is 36.4 Å². The van der Waals surface area contributed by atoms with Crippen molar-refractivity contribution in [2.45, 2.75) is 26.2 Å². The van der Waals surface area contributed by atoms with Crippen LogP contribution in [0.3, 0.4) is 0 Å². The minimum absolute atomic E-state index is 0.133. The van der Waals surface area contributed by atoms with Gasteiger partial charge in [-0.2, -0.15) is 4.98 Å². The number of carbonyl (C=O) groups excluding carboxylic acids is 1. The number of halogens is 3. The highest BCUT2D eigenvalue weighted by molar-refractivity contribution is 5.94. The lowest BCUT2D eigenvalue weighted by Crippen LogP contribution is -2.31. The van der Waals surface area contributed by atoms with E-state index >= 15 is 0 Å². The molecular formula is C19H22F3N5O. The van der Waals surface area contributed by atoms with Gasteiger partial charge in [0.25, 0.3) is 5.91 Å². The van der Waals surface area contributed by atoms with Gasteiger partial charge in [0.15, 0.2) is 17.5 Å². The minimum Gasteiger partial charge on any atom is -0.356 e. The number of amides is 1. The van der Waals surface area contributed by atoms with Crippen LogP contribution in [0.5, 0.6) is 0 Å². The van der Waals surface area contributed by atoms with Crippen LogP contribution in [-0.4, -0.2) is 42.1 Å². The van der Waals surface area contributed by atoms with Crippen LogP contribution >= 0.6 is 0 Å². The van der Waals surface area contributed by atoms with E-state index in [0.29, 0.717) is 18.6 Å². The van der Waals surface area contributed by atoms with Gasteiger partial charge in [-0.1, -0.05) is 0 Å². The van der Waals surface area contributed by atoms with E-state index in [1.54, 1.807) is 0 Å². The van der Waals surface area contributed by atoms with Gasteiger partial charge in [-0.25, -0.2) is 18.2 Å². The zero-order chi connectivity index (χ0) is 20.1. The predicted molar refractivity (Wildman–Crippen MR) is 100.0 cm³/mol. The Morgan fingerprint density at radius 2 is 1.82 bits per heavy atom. The highest BCUT2D eigenvalue weighted by atomic mass is 19.2. The molecule has 1 amide bonds. The highest BCUT2D eigenvalue weighted by Crippen LogP contribution is 2.19. The summed E-state index contributed by atoms with van der Waals surface area (Å²) in [7, 11) is 0. The van der Waals surface area contributed by atoms with E-state index in [0.717, 1.165) is 43.5 Å². The van der Waals surface area contributed by atoms with Crippen LogP contribution in [0, 0.1) is 24.4 Å². The molecule has 28 heavy (non-hydrogen) atoms. The first kappa shape index (κ1) is 19.9. The first-order valence-corrected chi connectivity index (χ1v) is 9.22. The normalized spacial score (nSPS) is 14.1. The van der Waals surface area contributed by atoms with E-state index < -0.39 is 28.9 Å². The number of benzene rings is 1. The SMILES string of the molecule is Cc1cc(N2CCCCC2)nc(NCCNC(=O)c2ccc(F)c(F)c2F)n1. The van der Waals surface area contributed by atoms with Crippen molar-refractivity contribution < 1.29 is 18.0 Å². The number of hydrogen-bond donors (Lipinski definition) is 2. The topological polar surface area (TPSA) is 70.2 Å². The molecule has 6 nitrogen and oxygen atoms in total. The molecule has 1 saturated heterocycles. The van der Waals surface area contributed by atoms with Crippen molar-refractivity contribution in [2.24, 2.45) is 0 Å². The van der Waals surface area contributed by atoms with Gasteiger partial charge in [0, 0.05) is 37.9 Å². The van der Waals surface area contributed by atoms with E-state index in [-0.39, 0.29) is 6.54 Å². The Bertz CT molecular complexity index is 856. The van der Waals surface area contributed by atoms with Crippen molar-refractivity contribution in [3.05, 3.63) is 46.9 Å². The average molecular weight is 393 g/mol. The fraction of sp³-hybridized carbons (Fsp3) is 0.421. The van der Waals surface area contributed by atoms with Crippen LogP contribution in [0.4, 0.5) is 24.9 Å². The van der Waals surface area contributed by atoms with Gasteiger partial charge in [-0.15, -0.1) is 0 Å². The van der Waals surface area contributed by atoms with Gasteiger partial charge >= 0.3 is 0 Å². The summed E-state index contributed by atoms with van der Waals surface area (Å²) in [4.78, 5) is 23.0. The number of carbonyl (C=O) groups is 1. The lowest BCUT2D eigenvalue weighted by molar-refractivity contribution is 0.0950. The van der Waals surface area contributed by atoms with Crippen molar-refractivity contribution in [3.8, 4) is 0 Å². The number of hydrogen-bond acceptors (Lipinski definition) is 5. The molecule has 1 aromatic carbocycles. The summed E-state index contributed by atoms with van der Waals surface area (Å²) in [6.07, 6.45) is 3.50. The van der Waals surface area contributed by atoms with Crippen molar-refractivity contribution in [3.63, 3.8) is 0 Å². The standard InChI is InChI=1S/C19H22F3N5O/c1-12-11-15(27-9-3-2-4-10-27)26-19(25-12)24-8-7-23-18(28)13-5-6-14(20)17(22)16(13)21/h5-6,11H,2-4,7-10H2,1H3,(H,23,28)(H,24,25,26). The number of rotatable bonds is 6. The maximum atomic E-state index is 13.6. The van der Waals surface area contributed by atoms with Crippen LogP contribution < -0.4 is 15.5 Å². The van der Waals surface area contributed by atoms with Gasteiger partial charge in [0.2, 0.25) is 5.95 Å². The predicted octanol–water partition coefficient (Wildman–Crippen LogP) is 3.03. The molecule has 0 spiro atoms. The molecular weight excluding hydrogens is 371 g/mol. The van der Waals surface area contributed by atoms with Crippen LogP contribution in [0.25, 0.3) is 0 Å². The summed E-state index contributed by atoms with van der Waals surface area (Å²) >= 11 is 0. The Labute approximate surface area is 161 Å². The summed E-state index contributed by atoms with van der Waals surface area (Å²) in [6, 6.07) is 3.56. The molecule has 150 valence electrons. The fourth-order valence-corrected chi connectivity index (χ4v) is 3.06. The second kappa shape index (κ2) is 8.90. The number of aromatic nitrogens is 2. The van der Waals surface area contributed by atoms with E-state index in [2.05, 4.69) is 25.5 Å². The summed E-state index contributed by atoms with van der Waals surface area (Å²) in [6.45, 7) is 4.24. The first-order valence-electron chi connectivity index (χ1n) is 9.22. The molecule has 0 unspecified atom stereocenters. The van der Waals surface area contributed by atoms with Gasteiger partial charge < -0.3 is 15.5 Å². The molecule has 0 radical (unpaired) electrons.